The summed E-state index contributed by atoms with van der Waals surface area (Å²) >= 11 is 0. The molecule has 1 unspecified atom stereocenters. The number of rotatable bonds is 6. The van der Waals surface area contributed by atoms with Crippen molar-refractivity contribution in [3.63, 3.8) is 0 Å². The molecule has 3 N–H and O–H groups in total. The molecule has 1 aliphatic carbocycles. The molecular weight excluding hydrogens is 324 g/mol. The number of hydrogen-bond acceptors (Lipinski definition) is 4. The van der Waals surface area contributed by atoms with Gasteiger partial charge in [-0.3, -0.25) is 4.79 Å². The van der Waals surface area contributed by atoms with Crippen LogP contribution < -0.4 is 11.1 Å². The van der Waals surface area contributed by atoms with Crippen LogP contribution in [0.5, 0.6) is 0 Å². The van der Waals surface area contributed by atoms with Crippen LogP contribution in [0, 0.1) is 5.92 Å². The molecular formula is C21H34N4O. The standard InChI is InChI=1S/C14H27N3.C7H7NO/c1-11(17(3)13-5-4-6-13)14(15)12-7-9-16(2)10-8-12;9-6-8-7-4-2-1-3-5-7/h12-14H,1,4-10,15H2,2-3H3;1-6H,(H,8,9). The van der Waals surface area contributed by atoms with E-state index in [1.807, 2.05) is 30.3 Å². The summed E-state index contributed by atoms with van der Waals surface area (Å²) in [7, 11) is 4.36. The number of piperidine rings is 1. The van der Waals surface area contributed by atoms with Crippen LogP contribution in [-0.2, 0) is 4.79 Å². The number of likely N-dealkylation sites (tertiary alicyclic amines) is 1. The van der Waals surface area contributed by atoms with E-state index in [4.69, 9.17) is 5.73 Å². The molecule has 1 aromatic carbocycles. The predicted octanol–water partition coefficient (Wildman–Crippen LogP) is 2.91. The first-order valence-electron chi connectivity index (χ1n) is 9.64. The average molecular weight is 359 g/mol. The van der Waals surface area contributed by atoms with E-state index >= 15 is 0 Å². The highest BCUT2D eigenvalue weighted by atomic mass is 16.1. The van der Waals surface area contributed by atoms with E-state index in [1.54, 1.807) is 0 Å². The van der Waals surface area contributed by atoms with Crippen molar-refractivity contribution in [3.8, 4) is 0 Å². The number of para-hydroxylation sites is 1. The van der Waals surface area contributed by atoms with Gasteiger partial charge in [0.2, 0.25) is 6.41 Å². The number of hydrogen-bond donors (Lipinski definition) is 2. The first-order chi connectivity index (χ1) is 12.5. The normalized spacial score (nSPS) is 19.5. The van der Waals surface area contributed by atoms with Gasteiger partial charge in [-0.25, -0.2) is 0 Å². The van der Waals surface area contributed by atoms with Gasteiger partial charge < -0.3 is 20.9 Å². The Morgan fingerprint density at radius 1 is 1.27 bits per heavy atom. The van der Waals surface area contributed by atoms with Crippen molar-refractivity contribution in [2.45, 2.75) is 44.2 Å². The first kappa shape index (κ1) is 20.5. The van der Waals surface area contributed by atoms with Crippen LogP contribution in [0.1, 0.15) is 32.1 Å². The molecule has 1 atom stereocenters. The molecule has 1 amide bonds. The van der Waals surface area contributed by atoms with Crippen molar-refractivity contribution < 1.29 is 4.79 Å². The fourth-order valence-corrected chi connectivity index (χ4v) is 3.51. The van der Waals surface area contributed by atoms with Gasteiger partial charge in [0.05, 0.1) is 0 Å². The molecule has 5 nitrogen and oxygen atoms in total. The van der Waals surface area contributed by atoms with Crippen molar-refractivity contribution in [1.82, 2.24) is 9.80 Å². The summed E-state index contributed by atoms with van der Waals surface area (Å²) in [6.45, 7) is 6.60. The van der Waals surface area contributed by atoms with E-state index in [0.717, 1.165) is 11.4 Å². The van der Waals surface area contributed by atoms with Crippen molar-refractivity contribution in [2.75, 3.05) is 32.5 Å². The number of likely N-dealkylation sites (N-methyl/N-ethyl adjacent to an activating group) is 1. The van der Waals surface area contributed by atoms with Gasteiger partial charge in [0, 0.05) is 30.5 Å². The Hall–Kier alpha value is -1.85. The minimum absolute atomic E-state index is 0.161. The largest absolute Gasteiger partial charge is 0.374 e. The Morgan fingerprint density at radius 3 is 2.38 bits per heavy atom. The SMILES string of the molecule is C=C(C(N)C1CCN(C)CC1)N(C)C1CCC1.O=CNc1ccccc1. The van der Waals surface area contributed by atoms with Crippen LogP contribution in [-0.4, -0.2) is 55.5 Å². The quantitative estimate of drug-likeness (QED) is 0.768. The molecule has 0 radical (unpaired) electrons. The lowest BCUT2D eigenvalue weighted by molar-refractivity contribution is -0.105. The average Bonchev–Trinajstić information content (AvgIpc) is 2.61. The Morgan fingerprint density at radius 2 is 1.88 bits per heavy atom. The van der Waals surface area contributed by atoms with Gasteiger partial charge in [-0.15, -0.1) is 0 Å². The summed E-state index contributed by atoms with van der Waals surface area (Å²) in [6.07, 6.45) is 7.09. The van der Waals surface area contributed by atoms with E-state index in [2.05, 4.69) is 35.8 Å². The molecule has 2 aliphatic rings. The second kappa shape index (κ2) is 10.3. The predicted molar refractivity (Wildman–Crippen MR) is 109 cm³/mol. The fraction of sp³-hybridized carbons (Fsp3) is 0.571. The van der Waals surface area contributed by atoms with Gasteiger partial charge >= 0.3 is 0 Å². The fourth-order valence-electron chi connectivity index (χ4n) is 3.51. The molecule has 0 aromatic heterocycles. The van der Waals surface area contributed by atoms with E-state index in [9.17, 15) is 4.79 Å². The zero-order chi connectivity index (χ0) is 18.9. The number of nitrogens with one attached hydrogen (secondary N) is 1. The molecule has 1 aromatic rings. The summed E-state index contributed by atoms with van der Waals surface area (Å²) in [4.78, 5) is 14.6. The summed E-state index contributed by atoms with van der Waals surface area (Å²) in [5, 5.41) is 2.53. The molecule has 1 heterocycles. The number of nitrogens with zero attached hydrogens (tertiary/aromatic N) is 2. The third kappa shape index (κ3) is 5.85. The van der Waals surface area contributed by atoms with Crippen LogP contribution in [0.25, 0.3) is 0 Å². The van der Waals surface area contributed by atoms with Gasteiger partial charge in [-0.2, -0.15) is 0 Å². The lowest BCUT2D eigenvalue weighted by Crippen LogP contribution is -2.46. The van der Waals surface area contributed by atoms with Crippen molar-refractivity contribution >= 4 is 12.1 Å². The van der Waals surface area contributed by atoms with Crippen molar-refractivity contribution in [1.29, 1.82) is 0 Å². The summed E-state index contributed by atoms with van der Waals surface area (Å²) in [5.74, 6) is 0.626. The van der Waals surface area contributed by atoms with Gasteiger partial charge in [0.15, 0.2) is 0 Å². The zero-order valence-electron chi connectivity index (χ0n) is 16.2. The first-order valence-corrected chi connectivity index (χ1v) is 9.64. The molecule has 0 bridgehead atoms. The lowest BCUT2D eigenvalue weighted by Gasteiger charge is -2.42. The topological polar surface area (TPSA) is 61.6 Å². The number of amides is 1. The molecule has 2 fully saturated rings. The second-order valence-electron chi connectivity index (χ2n) is 7.48. The van der Waals surface area contributed by atoms with E-state index < -0.39 is 0 Å². The zero-order valence-corrected chi connectivity index (χ0v) is 16.2. The minimum Gasteiger partial charge on any atom is -0.374 e. The summed E-state index contributed by atoms with van der Waals surface area (Å²) in [6, 6.07) is 10.2. The molecule has 3 rings (SSSR count). The van der Waals surface area contributed by atoms with Crippen molar-refractivity contribution in [3.05, 3.63) is 42.6 Å². The Kier molecular flexibility index (Phi) is 8.13. The molecule has 1 saturated heterocycles. The maximum absolute atomic E-state index is 9.86. The highest BCUT2D eigenvalue weighted by molar-refractivity contribution is 5.70. The molecule has 5 heteroatoms. The van der Waals surface area contributed by atoms with Crippen molar-refractivity contribution in [2.24, 2.45) is 11.7 Å². The Bertz CT molecular complexity index is 550. The Balaban J connectivity index is 0.000000228. The molecule has 1 aliphatic heterocycles. The summed E-state index contributed by atoms with van der Waals surface area (Å²) in [5.41, 5.74) is 8.38. The molecule has 26 heavy (non-hydrogen) atoms. The van der Waals surface area contributed by atoms with Crippen LogP contribution in [0.3, 0.4) is 0 Å². The molecule has 144 valence electrons. The van der Waals surface area contributed by atoms with Crippen LogP contribution in [0.15, 0.2) is 42.6 Å². The number of anilines is 1. The third-order valence-corrected chi connectivity index (χ3v) is 5.73. The molecule has 0 spiro atoms. The van der Waals surface area contributed by atoms with E-state index in [-0.39, 0.29) is 6.04 Å². The number of carbonyl (C=O) groups is 1. The second-order valence-corrected chi connectivity index (χ2v) is 7.48. The van der Waals surface area contributed by atoms with Gasteiger partial charge in [0.25, 0.3) is 0 Å². The van der Waals surface area contributed by atoms with E-state index in [1.165, 1.54) is 45.2 Å². The third-order valence-electron chi connectivity index (χ3n) is 5.73. The van der Waals surface area contributed by atoms with Gasteiger partial charge in [0.1, 0.15) is 0 Å². The number of benzene rings is 1. The highest BCUT2D eigenvalue weighted by Crippen LogP contribution is 2.29. The van der Waals surface area contributed by atoms with E-state index in [0.29, 0.717) is 18.4 Å². The summed E-state index contributed by atoms with van der Waals surface area (Å²) < 4.78 is 0. The van der Waals surface area contributed by atoms with Gasteiger partial charge in [-0.05, 0) is 70.3 Å². The van der Waals surface area contributed by atoms with Gasteiger partial charge in [-0.1, -0.05) is 24.8 Å². The van der Waals surface area contributed by atoms with Crippen LogP contribution in [0.4, 0.5) is 5.69 Å². The lowest BCUT2D eigenvalue weighted by atomic mass is 9.86. The number of carbonyl (C=O) groups excluding carboxylic acids is 1. The van der Waals surface area contributed by atoms with Crippen LogP contribution >= 0.6 is 0 Å². The molecule has 1 saturated carbocycles. The minimum atomic E-state index is 0.161. The number of nitrogens with two attached hydrogens (primary N) is 1. The van der Waals surface area contributed by atoms with Crippen LogP contribution in [0.2, 0.25) is 0 Å². The highest BCUT2D eigenvalue weighted by Gasteiger charge is 2.29. The smallest absolute Gasteiger partial charge is 0.211 e. The maximum atomic E-state index is 9.86. The Labute approximate surface area is 158 Å². The monoisotopic (exact) mass is 358 g/mol. The maximum Gasteiger partial charge on any atom is 0.211 e.